The molecule has 1 saturated heterocycles. The van der Waals surface area contributed by atoms with Gasteiger partial charge in [0, 0.05) is 38.0 Å². The molecule has 0 N–H and O–H groups in total. The van der Waals surface area contributed by atoms with Crippen molar-refractivity contribution in [3.05, 3.63) is 61.7 Å². The van der Waals surface area contributed by atoms with Gasteiger partial charge in [-0.05, 0) is 25.0 Å². The van der Waals surface area contributed by atoms with Crippen molar-refractivity contribution in [1.29, 1.82) is 0 Å². The lowest BCUT2D eigenvalue weighted by Crippen LogP contribution is -2.37. The first-order valence-corrected chi connectivity index (χ1v) is 13.2. The zero-order valence-corrected chi connectivity index (χ0v) is 20.6. The van der Waals surface area contributed by atoms with E-state index in [1.165, 1.54) is 33.7 Å². The Hall–Kier alpha value is -2.60. The number of aromatic nitrogens is 5. The van der Waals surface area contributed by atoms with E-state index in [2.05, 4.69) is 15.0 Å². The number of benzene rings is 1. The van der Waals surface area contributed by atoms with Crippen molar-refractivity contribution >= 4 is 39.0 Å². The Morgan fingerprint density at radius 1 is 1.12 bits per heavy atom. The fourth-order valence-corrected chi connectivity index (χ4v) is 5.76. The van der Waals surface area contributed by atoms with Crippen molar-refractivity contribution < 1.29 is 4.74 Å². The van der Waals surface area contributed by atoms with Crippen LogP contribution < -0.4 is 11.1 Å². The molecule has 1 fully saturated rings. The van der Waals surface area contributed by atoms with Crippen LogP contribution >= 0.6 is 23.1 Å². The maximum atomic E-state index is 13.3. The van der Waals surface area contributed by atoms with Crippen LogP contribution in [0, 0.1) is 0 Å². The van der Waals surface area contributed by atoms with E-state index in [9.17, 15) is 9.59 Å². The highest BCUT2D eigenvalue weighted by atomic mass is 32.2. The first-order valence-electron chi connectivity index (χ1n) is 11.4. The number of para-hydroxylation sites is 1. The summed E-state index contributed by atoms with van der Waals surface area (Å²) in [5.74, 6) is 0.444. The number of aryl methyl sites for hydroxylation is 1. The molecule has 1 aliphatic heterocycles. The van der Waals surface area contributed by atoms with E-state index >= 15 is 0 Å². The van der Waals surface area contributed by atoms with Crippen LogP contribution in [0.5, 0.6) is 0 Å². The topological polar surface area (TPSA) is 94.6 Å². The molecule has 0 spiro atoms. The van der Waals surface area contributed by atoms with Gasteiger partial charge in [-0.1, -0.05) is 42.2 Å². The van der Waals surface area contributed by atoms with Gasteiger partial charge in [-0.25, -0.2) is 9.97 Å². The van der Waals surface area contributed by atoms with E-state index in [-0.39, 0.29) is 11.1 Å². The van der Waals surface area contributed by atoms with Gasteiger partial charge in [0.15, 0.2) is 5.16 Å². The van der Waals surface area contributed by atoms with Gasteiger partial charge in [-0.15, -0.1) is 0 Å². The van der Waals surface area contributed by atoms with Crippen LogP contribution in [-0.4, -0.2) is 61.9 Å². The summed E-state index contributed by atoms with van der Waals surface area (Å²) in [5.41, 5.74) is 1.11. The van der Waals surface area contributed by atoms with E-state index in [1.807, 2.05) is 31.2 Å². The number of fused-ring (bicyclic) bond motifs is 2. The molecular formula is C23H26N6O3S2. The lowest BCUT2D eigenvalue weighted by atomic mass is 10.2. The van der Waals surface area contributed by atoms with Gasteiger partial charge in [0.25, 0.3) is 11.1 Å². The molecule has 4 aromatic rings. The predicted molar refractivity (Wildman–Crippen MR) is 134 cm³/mol. The van der Waals surface area contributed by atoms with Crippen molar-refractivity contribution in [2.75, 3.05) is 32.8 Å². The Bertz CT molecular complexity index is 1420. The molecule has 0 bridgehead atoms. The molecule has 11 heteroatoms. The monoisotopic (exact) mass is 498 g/mol. The summed E-state index contributed by atoms with van der Waals surface area (Å²) in [6, 6.07) is 8.95. The molecule has 34 heavy (non-hydrogen) atoms. The summed E-state index contributed by atoms with van der Waals surface area (Å²) in [5, 5.41) is 6.44. The Kier molecular flexibility index (Phi) is 7.05. The van der Waals surface area contributed by atoms with Gasteiger partial charge >= 0.3 is 0 Å². The lowest BCUT2D eigenvalue weighted by Gasteiger charge is -2.26. The maximum absolute atomic E-state index is 13.3. The second-order valence-corrected chi connectivity index (χ2v) is 10.1. The minimum absolute atomic E-state index is 0.0337. The zero-order valence-electron chi connectivity index (χ0n) is 19.0. The van der Waals surface area contributed by atoms with Gasteiger partial charge in [0.1, 0.15) is 5.01 Å². The molecule has 0 radical (unpaired) electrons. The van der Waals surface area contributed by atoms with Crippen LogP contribution in [0.1, 0.15) is 24.0 Å². The summed E-state index contributed by atoms with van der Waals surface area (Å²) in [4.78, 5) is 38.2. The summed E-state index contributed by atoms with van der Waals surface area (Å²) >= 11 is 2.86. The SMILES string of the molecule is CCc1nn2c(=O)cc(CSc3nc4ccccc4c(=O)n3CCCN3CCOCC3)nc2s1. The van der Waals surface area contributed by atoms with Gasteiger partial charge in [-0.3, -0.25) is 19.1 Å². The first kappa shape index (κ1) is 23.2. The number of rotatable bonds is 8. The van der Waals surface area contributed by atoms with Crippen LogP contribution in [-0.2, 0) is 23.5 Å². The van der Waals surface area contributed by atoms with Crippen LogP contribution in [0.2, 0.25) is 0 Å². The van der Waals surface area contributed by atoms with Crippen LogP contribution in [0.3, 0.4) is 0 Å². The van der Waals surface area contributed by atoms with Gasteiger partial charge in [0.05, 0.1) is 29.8 Å². The molecule has 1 aromatic carbocycles. The molecule has 0 saturated carbocycles. The standard InChI is InChI=1S/C23H26N6O3S2/c1-2-19-26-29-20(30)14-16(24-23(29)34-19)15-33-22-25-18-7-4-3-6-17(18)21(31)28(22)9-5-8-27-10-12-32-13-11-27/h3-4,6-7,14H,2,5,8-13,15H2,1H3. The molecule has 4 heterocycles. The molecule has 0 atom stereocenters. The molecule has 0 unspecified atom stereocenters. The summed E-state index contributed by atoms with van der Waals surface area (Å²) in [6.07, 6.45) is 1.61. The van der Waals surface area contributed by atoms with E-state index < -0.39 is 0 Å². The third-order valence-electron chi connectivity index (χ3n) is 5.78. The molecule has 0 aliphatic carbocycles. The van der Waals surface area contributed by atoms with Gasteiger partial charge in [-0.2, -0.15) is 9.61 Å². The van der Waals surface area contributed by atoms with Crippen molar-refractivity contribution in [2.24, 2.45) is 0 Å². The first-order chi connectivity index (χ1) is 16.6. The second kappa shape index (κ2) is 10.3. The fraction of sp³-hybridized carbons (Fsp3) is 0.435. The maximum Gasteiger partial charge on any atom is 0.275 e. The molecule has 3 aromatic heterocycles. The van der Waals surface area contributed by atoms with Crippen molar-refractivity contribution in [2.45, 2.75) is 37.2 Å². The molecule has 9 nitrogen and oxygen atoms in total. The second-order valence-electron chi connectivity index (χ2n) is 8.09. The van der Waals surface area contributed by atoms with Crippen molar-refractivity contribution in [3.63, 3.8) is 0 Å². The Balaban J connectivity index is 1.40. The number of hydrogen-bond acceptors (Lipinski definition) is 9. The van der Waals surface area contributed by atoms with Crippen LogP contribution in [0.4, 0.5) is 0 Å². The predicted octanol–water partition coefficient (Wildman–Crippen LogP) is 2.44. The van der Waals surface area contributed by atoms with E-state index in [1.54, 1.807) is 4.57 Å². The average Bonchev–Trinajstić information content (AvgIpc) is 3.29. The van der Waals surface area contributed by atoms with Crippen molar-refractivity contribution in [1.82, 2.24) is 29.0 Å². The van der Waals surface area contributed by atoms with Crippen molar-refractivity contribution in [3.8, 4) is 0 Å². The zero-order chi connectivity index (χ0) is 23.5. The van der Waals surface area contributed by atoms with Gasteiger partial charge in [0.2, 0.25) is 4.96 Å². The molecule has 5 rings (SSSR count). The Labute approximate surface area is 204 Å². The lowest BCUT2D eigenvalue weighted by molar-refractivity contribution is 0.0368. The number of ether oxygens (including phenoxy) is 1. The number of hydrogen-bond donors (Lipinski definition) is 0. The quantitative estimate of drug-likeness (QED) is 0.270. The average molecular weight is 499 g/mol. The summed E-state index contributed by atoms with van der Waals surface area (Å²) in [7, 11) is 0. The van der Waals surface area contributed by atoms with Crippen LogP contribution in [0.15, 0.2) is 45.1 Å². The van der Waals surface area contributed by atoms with E-state index in [0.717, 1.165) is 50.7 Å². The number of nitrogens with zero attached hydrogens (tertiary/aromatic N) is 6. The summed E-state index contributed by atoms with van der Waals surface area (Å²) < 4.78 is 8.54. The third-order valence-corrected chi connectivity index (χ3v) is 7.84. The highest BCUT2D eigenvalue weighted by Gasteiger charge is 2.15. The molecule has 1 aliphatic rings. The Morgan fingerprint density at radius 2 is 1.94 bits per heavy atom. The minimum atomic E-state index is -0.189. The largest absolute Gasteiger partial charge is 0.379 e. The smallest absolute Gasteiger partial charge is 0.275 e. The molecule has 178 valence electrons. The third kappa shape index (κ3) is 4.92. The minimum Gasteiger partial charge on any atom is -0.379 e. The molecular weight excluding hydrogens is 472 g/mol. The van der Waals surface area contributed by atoms with Gasteiger partial charge < -0.3 is 4.74 Å². The fourth-order valence-electron chi connectivity index (χ4n) is 3.98. The van der Waals surface area contributed by atoms with E-state index in [4.69, 9.17) is 9.72 Å². The van der Waals surface area contributed by atoms with E-state index in [0.29, 0.717) is 39.0 Å². The Morgan fingerprint density at radius 3 is 2.76 bits per heavy atom. The number of morpholine rings is 1. The highest BCUT2D eigenvalue weighted by Crippen LogP contribution is 2.22. The highest BCUT2D eigenvalue weighted by molar-refractivity contribution is 7.98. The normalized spacial score (nSPS) is 14.9. The number of thioether (sulfide) groups is 1. The summed E-state index contributed by atoms with van der Waals surface area (Å²) in [6.45, 7) is 6.86. The van der Waals surface area contributed by atoms with Crippen LogP contribution in [0.25, 0.3) is 15.9 Å². The molecule has 0 amide bonds.